The number of carbonyl (C=O) groups is 1. The van der Waals surface area contributed by atoms with Crippen LogP contribution in [0.3, 0.4) is 0 Å². The molecule has 3 heteroatoms. The summed E-state index contributed by atoms with van der Waals surface area (Å²) in [6, 6.07) is 10.2. The maximum atomic E-state index is 11.9. The Morgan fingerprint density at radius 2 is 2.11 bits per heavy atom. The molecule has 1 saturated heterocycles. The molecule has 0 spiro atoms. The topological polar surface area (TPSA) is 29.5 Å². The lowest BCUT2D eigenvalue weighted by Crippen LogP contribution is -2.49. The first-order valence-corrected chi connectivity index (χ1v) is 6.58. The first kappa shape index (κ1) is 13.1. The molecule has 0 bridgehead atoms. The Bertz CT molecular complexity index is 391. The third-order valence-corrected chi connectivity index (χ3v) is 3.71. The van der Waals surface area contributed by atoms with Crippen LogP contribution in [-0.4, -0.2) is 30.6 Å². The number of hydrogen-bond donors (Lipinski definition) is 0. The molecule has 2 rings (SSSR count). The third kappa shape index (κ3) is 2.91. The van der Waals surface area contributed by atoms with Crippen molar-refractivity contribution in [1.29, 1.82) is 0 Å². The number of nitrogens with zero attached hydrogens (tertiary/aromatic N) is 1. The van der Waals surface area contributed by atoms with Crippen molar-refractivity contribution in [2.24, 2.45) is 5.92 Å². The Balaban J connectivity index is 2.11. The number of rotatable bonds is 3. The number of benzene rings is 1. The monoisotopic (exact) mass is 247 g/mol. The molecule has 98 valence electrons. The average Bonchev–Trinajstić information content (AvgIpc) is 2.39. The first-order chi connectivity index (χ1) is 8.72. The van der Waals surface area contributed by atoms with Crippen molar-refractivity contribution >= 4 is 5.97 Å². The van der Waals surface area contributed by atoms with Crippen LogP contribution in [0.1, 0.15) is 25.3 Å². The molecule has 1 aromatic carbocycles. The van der Waals surface area contributed by atoms with E-state index >= 15 is 0 Å². The van der Waals surface area contributed by atoms with E-state index in [0.29, 0.717) is 5.92 Å². The zero-order valence-corrected chi connectivity index (χ0v) is 11.1. The molecular formula is C15H21NO2. The van der Waals surface area contributed by atoms with E-state index in [-0.39, 0.29) is 12.0 Å². The summed E-state index contributed by atoms with van der Waals surface area (Å²) in [6.07, 6.45) is 2.26. The zero-order chi connectivity index (χ0) is 13.0. The Morgan fingerprint density at radius 3 is 2.78 bits per heavy atom. The lowest BCUT2D eigenvalue weighted by Gasteiger charge is -2.38. The van der Waals surface area contributed by atoms with Gasteiger partial charge in [0.05, 0.1) is 7.11 Å². The summed E-state index contributed by atoms with van der Waals surface area (Å²) in [5.74, 6) is 0.271. The van der Waals surface area contributed by atoms with Crippen LogP contribution < -0.4 is 0 Å². The van der Waals surface area contributed by atoms with Gasteiger partial charge >= 0.3 is 5.97 Å². The molecule has 1 aliphatic rings. The molecule has 3 nitrogen and oxygen atoms in total. The van der Waals surface area contributed by atoms with Crippen LogP contribution in [0.4, 0.5) is 0 Å². The summed E-state index contributed by atoms with van der Waals surface area (Å²) >= 11 is 0. The lowest BCUT2D eigenvalue weighted by molar-refractivity contribution is -0.150. The molecule has 0 amide bonds. The quantitative estimate of drug-likeness (QED) is 0.768. The van der Waals surface area contributed by atoms with Crippen LogP contribution in [0.25, 0.3) is 0 Å². The molecule has 0 unspecified atom stereocenters. The second kappa shape index (κ2) is 6.01. The fourth-order valence-electron chi connectivity index (χ4n) is 2.77. The van der Waals surface area contributed by atoms with Crippen LogP contribution >= 0.6 is 0 Å². The number of esters is 1. The number of carbonyl (C=O) groups excluding carboxylic acids is 1. The van der Waals surface area contributed by atoms with Crippen molar-refractivity contribution in [2.75, 3.05) is 13.7 Å². The van der Waals surface area contributed by atoms with E-state index in [0.717, 1.165) is 25.9 Å². The number of likely N-dealkylation sites (tertiary alicyclic amines) is 1. The predicted molar refractivity (Wildman–Crippen MR) is 71.1 cm³/mol. The maximum absolute atomic E-state index is 11.9. The molecule has 0 radical (unpaired) electrons. The van der Waals surface area contributed by atoms with Crippen molar-refractivity contribution in [3.8, 4) is 0 Å². The second-order valence-corrected chi connectivity index (χ2v) is 5.04. The average molecular weight is 247 g/mol. The highest BCUT2D eigenvalue weighted by Crippen LogP contribution is 2.25. The predicted octanol–water partition coefficient (Wildman–Crippen LogP) is 2.46. The summed E-state index contributed by atoms with van der Waals surface area (Å²) in [5.41, 5.74) is 1.25. The zero-order valence-electron chi connectivity index (χ0n) is 11.1. The van der Waals surface area contributed by atoms with Gasteiger partial charge in [-0.25, -0.2) is 0 Å². The van der Waals surface area contributed by atoms with Gasteiger partial charge in [0.15, 0.2) is 0 Å². The fraction of sp³-hybridized carbons (Fsp3) is 0.533. The minimum Gasteiger partial charge on any atom is -0.468 e. The molecule has 0 saturated carbocycles. The Morgan fingerprint density at radius 1 is 1.39 bits per heavy atom. The third-order valence-electron chi connectivity index (χ3n) is 3.71. The van der Waals surface area contributed by atoms with Crippen molar-refractivity contribution in [2.45, 2.75) is 32.4 Å². The summed E-state index contributed by atoms with van der Waals surface area (Å²) in [7, 11) is 1.48. The molecule has 1 aromatic rings. The van der Waals surface area contributed by atoms with E-state index in [1.54, 1.807) is 0 Å². The number of hydrogen-bond acceptors (Lipinski definition) is 3. The van der Waals surface area contributed by atoms with Crippen LogP contribution in [-0.2, 0) is 16.1 Å². The minimum atomic E-state index is -0.0990. The van der Waals surface area contributed by atoms with E-state index in [1.165, 1.54) is 12.7 Å². The molecule has 0 N–H and O–H groups in total. The Labute approximate surface area is 109 Å². The molecule has 1 heterocycles. The Kier molecular flexibility index (Phi) is 4.37. The van der Waals surface area contributed by atoms with Gasteiger partial charge in [-0.2, -0.15) is 0 Å². The molecule has 2 atom stereocenters. The Hall–Kier alpha value is -1.35. The number of piperidine rings is 1. The van der Waals surface area contributed by atoms with Crippen LogP contribution in [0.5, 0.6) is 0 Å². The highest BCUT2D eigenvalue weighted by atomic mass is 16.5. The van der Waals surface area contributed by atoms with Gasteiger partial charge in [0.25, 0.3) is 0 Å². The fourth-order valence-corrected chi connectivity index (χ4v) is 2.77. The normalized spacial score (nSPS) is 24.8. The summed E-state index contributed by atoms with van der Waals surface area (Å²) in [6.45, 7) is 3.93. The van der Waals surface area contributed by atoms with E-state index in [2.05, 4.69) is 24.0 Å². The molecule has 0 aromatic heterocycles. The van der Waals surface area contributed by atoms with E-state index < -0.39 is 0 Å². The van der Waals surface area contributed by atoms with Gasteiger partial charge in [0.2, 0.25) is 0 Å². The van der Waals surface area contributed by atoms with Gasteiger partial charge in [-0.1, -0.05) is 37.3 Å². The van der Waals surface area contributed by atoms with Crippen molar-refractivity contribution in [3.63, 3.8) is 0 Å². The maximum Gasteiger partial charge on any atom is 0.323 e. The lowest BCUT2D eigenvalue weighted by atomic mass is 9.90. The number of methoxy groups -OCH3 is 1. The van der Waals surface area contributed by atoms with Gasteiger partial charge in [-0.3, -0.25) is 9.69 Å². The first-order valence-electron chi connectivity index (χ1n) is 6.58. The summed E-state index contributed by atoms with van der Waals surface area (Å²) < 4.78 is 4.95. The molecule has 18 heavy (non-hydrogen) atoms. The highest BCUT2D eigenvalue weighted by Gasteiger charge is 2.34. The van der Waals surface area contributed by atoms with Crippen LogP contribution in [0.2, 0.25) is 0 Å². The van der Waals surface area contributed by atoms with E-state index in [9.17, 15) is 4.79 Å². The van der Waals surface area contributed by atoms with Crippen LogP contribution in [0, 0.1) is 5.92 Å². The van der Waals surface area contributed by atoms with Gasteiger partial charge in [0.1, 0.15) is 6.04 Å². The molecular weight excluding hydrogens is 226 g/mol. The van der Waals surface area contributed by atoms with Gasteiger partial charge < -0.3 is 4.74 Å². The van der Waals surface area contributed by atoms with Crippen molar-refractivity contribution < 1.29 is 9.53 Å². The summed E-state index contributed by atoms with van der Waals surface area (Å²) in [5, 5.41) is 0. The van der Waals surface area contributed by atoms with Gasteiger partial charge in [0, 0.05) is 6.54 Å². The number of ether oxygens (including phenoxy) is 1. The van der Waals surface area contributed by atoms with Crippen LogP contribution in [0.15, 0.2) is 30.3 Å². The van der Waals surface area contributed by atoms with E-state index in [1.807, 2.05) is 18.2 Å². The standard InChI is InChI=1S/C15H21NO2/c1-12-7-6-10-16(14(12)15(17)18-2)11-13-8-4-3-5-9-13/h3-5,8-9,12,14H,6-7,10-11H2,1-2H3/t12-,14+/m0/s1. The SMILES string of the molecule is COC(=O)[C@H]1[C@@H](C)CCCN1Cc1ccccc1. The van der Waals surface area contributed by atoms with Gasteiger partial charge in [-0.05, 0) is 30.9 Å². The molecule has 0 aliphatic carbocycles. The molecule has 1 fully saturated rings. The van der Waals surface area contributed by atoms with E-state index in [4.69, 9.17) is 4.74 Å². The largest absolute Gasteiger partial charge is 0.468 e. The highest BCUT2D eigenvalue weighted by molar-refractivity contribution is 5.76. The molecule has 1 aliphatic heterocycles. The smallest absolute Gasteiger partial charge is 0.323 e. The van der Waals surface area contributed by atoms with Crippen molar-refractivity contribution in [3.05, 3.63) is 35.9 Å². The minimum absolute atomic E-state index is 0.0936. The second-order valence-electron chi connectivity index (χ2n) is 5.04. The summed E-state index contributed by atoms with van der Waals surface area (Å²) in [4.78, 5) is 14.2. The van der Waals surface area contributed by atoms with Crippen molar-refractivity contribution in [1.82, 2.24) is 4.90 Å². The van der Waals surface area contributed by atoms with Gasteiger partial charge in [-0.15, -0.1) is 0 Å².